The Morgan fingerprint density at radius 3 is 2.18 bits per heavy atom. The average Bonchev–Trinajstić information content (AvgIpc) is 2.03. The fourth-order valence-corrected chi connectivity index (χ4v) is 1.66. The molecule has 0 aliphatic carbocycles. The summed E-state index contributed by atoms with van der Waals surface area (Å²) in [6.45, 7) is 6.00. The molecule has 1 heterocycles. The lowest BCUT2D eigenvalue weighted by Gasteiger charge is -2.21. The molecule has 0 aromatic carbocycles. The number of carbonyl (C=O) groups is 1. The molecule has 1 saturated heterocycles. The minimum Gasteiger partial charge on any atom is -0.350 e. The average molecular weight is 156 g/mol. The highest BCUT2D eigenvalue weighted by molar-refractivity contribution is 5.89. The van der Waals surface area contributed by atoms with Crippen LogP contribution in [0, 0.1) is 0 Å². The van der Waals surface area contributed by atoms with E-state index >= 15 is 0 Å². The van der Waals surface area contributed by atoms with Crippen LogP contribution in [0.2, 0.25) is 0 Å². The first-order valence-corrected chi connectivity index (χ1v) is 3.91. The third-order valence-corrected chi connectivity index (χ3v) is 2.30. The highest BCUT2D eigenvalue weighted by Crippen LogP contribution is 2.27. The maximum Gasteiger partial charge on any atom is 0.240 e. The van der Waals surface area contributed by atoms with Crippen molar-refractivity contribution in [1.29, 1.82) is 0 Å². The van der Waals surface area contributed by atoms with Crippen molar-refractivity contribution in [2.24, 2.45) is 0 Å². The molecule has 1 amide bonds. The zero-order chi connectivity index (χ0) is 8.70. The van der Waals surface area contributed by atoms with Gasteiger partial charge in [-0.05, 0) is 34.2 Å². The molecule has 1 atom stereocenters. The molecule has 0 aromatic rings. The topological polar surface area (TPSA) is 41.1 Å². The first kappa shape index (κ1) is 8.53. The van der Waals surface area contributed by atoms with Crippen molar-refractivity contribution in [1.82, 2.24) is 10.6 Å². The van der Waals surface area contributed by atoms with E-state index in [1.807, 2.05) is 27.8 Å². The third-order valence-electron chi connectivity index (χ3n) is 2.30. The standard InChI is InChI=1S/C8H16N2O/c1-7(2)5-8(3,9-4)6(11)10-7/h9H,5H2,1-4H3,(H,10,11). The summed E-state index contributed by atoms with van der Waals surface area (Å²) >= 11 is 0. The summed E-state index contributed by atoms with van der Waals surface area (Å²) in [5.41, 5.74) is -0.432. The smallest absolute Gasteiger partial charge is 0.240 e. The fraction of sp³-hybridized carbons (Fsp3) is 0.875. The van der Waals surface area contributed by atoms with Crippen LogP contribution in [0.3, 0.4) is 0 Å². The molecule has 1 aliphatic heterocycles. The van der Waals surface area contributed by atoms with Crippen LogP contribution < -0.4 is 10.6 Å². The van der Waals surface area contributed by atoms with E-state index in [0.29, 0.717) is 0 Å². The monoisotopic (exact) mass is 156 g/mol. The van der Waals surface area contributed by atoms with Crippen molar-refractivity contribution >= 4 is 5.91 Å². The summed E-state index contributed by atoms with van der Waals surface area (Å²) in [5, 5.41) is 5.97. The molecule has 3 heteroatoms. The number of likely N-dealkylation sites (N-methyl/N-ethyl adjacent to an activating group) is 1. The van der Waals surface area contributed by atoms with Gasteiger partial charge in [0.2, 0.25) is 5.91 Å². The van der Waals surface area contributed by atoms with E-state index in [-0.39, 0.29) is 17.0 Å². The van der Waals surface area contributed by atoms with Gasteiger partial charge in [0.25, 0.3) is 0 Å². The van der Waals surface area contributed by atoms with Crippen LogP contribution >= 0.6 is 0 Å². The van der Waals surface area contributed by atoms with Crippen molar-refractivity contribution in [3.8, 4) is 0 Å². The molecule has 1 unspecified atom stereocenters. The second kappa shape index (κ2) is 2.21. The number of nitrogens with one attached hydrogen (secondary N) is 2. The van der Waals surface area contributed by atoms with Crippen LogP contribution in [0.5, 0.6) is 0 Å². The van der Waals surface area contributed by atoms with Crippen LogP contribution in [0.15, 0.2) is 0 Å². The summed E-state index contributed by atoms with van der Waals surface area (Å²) < 4.78 is 0. The van der Waals surface area contributed by atoms with Crippen molar-refractivity contribution in [3.63, 3.8) is 0 Å². The summed E-state index contributed by atoms with van der Waals surface area (Å²) in [7, 11) is 1.82. The van der Waals surface area contributed by atoms with Crippen molar-refractivity contribution in [3.05, 3.63) is 0 Å². The summed E-state index contributed by atoms with van der Waals surface area (Å²) in [6, 6.07) is 0. The van der Waals surface area contributed by atoms with Gasteiger partial charge in [-0.2, -0.15) is 0 Å². The Morgan fingerprint density at radius 1 is 1.45 bits per heavy atom. The van der Waals surface area contributed by atoms with Crippen LogP contribution in [0.25, 0.3) is 0 Å². The van der Waals surface area contributed by atoms with E-state index in [2.05, 4.69) is 10.6 Å². The molecular weight excluding hydrogens is 140 g/mol. The molecule has 1 fully saturated rings. The van der Waals surface area contributed by atoms with Gasteiger partial charge in [-0.3, -0.25) is 4.79 Å². The molecule has 64 valence electrons. The Morgan fingerprint density at radius 2 is 2.00 bits per heavy atom. The van der Waals surface area contributed by atoms with Crippen molar-refractivity contribution in [2.75, 3.05) is 7.05 Å². The van der Waals surface area contributed by atoms with Gasteiger partial charge in [-0.15, -0.1) is 0 Å². The minimum atomic E-state index is -0.372. The zero-order valence-corrected chi connectivity index (χ0v) is 7.62. The van der Waals surface area contributed by atoms with E-state index in [9.17, 15) is 4.79 Å². The van der Waals surface area contributed by atoms with Gasteiger partial charge >= 0.3 is 0 Å². The number of hydrogen-bond donors (Lipinski definition) is 2. The predicted octanol–water partition coefficient (Wildman–Crippen LogP) is 0.263. The molecule has 0 saturated carbocycles. The number of rotatable bonds is 1. The Labute approximate surface area is 67.5 Å². The van der Waals surface area contributed by atoms with Gasteiger partial charge in [0.1, 0.15) is 0 Å². The van der Waals surface area contributed by atoms with Gasteiger partial charge in [-0.1, -0.05) is 0 Å². The van der Waals surface area contributed by atoms with Gasteiger partial charge in [0.15, 0.2) is 0 Å². The van der Waals surface area contributed by atoms with Gasteiger partial charge in [0.05, 0.1) is 5.54 Å². The molecular formula is C8H16N2O. The number of hydrogen-bond acceptors (Lipinski definition) is 2. The summed E-state index contributed by atoms with van der Waals surface area (Å²) in [6.07, 6.45) is 0.843. The molecule has 3 nitrogen and oxygen atoms in total. The minimum absolute atomic E-state index is 0.0607. The molecule has 0 spiro atoms. The lowest BCUT2D eigenvalue weighted by atomic mass is 9.92. The third kappa shape index (κ3) is 1.38. The SMILES string of the molecule is CNC1(C)CC(C)(C)NC1=O. The van der Waals surface area contributed by atoms with Crippen LogP contribution in [0.4, 0.5) is 0 Å². The molecule has 0 aromatic heterocycles. The normalized spacial score (nSPS) is 35.5. The second-order valence-electron chi connectivity index (χ2n) is 4.10. The quantitative estimate of drug-likeness (QED) is 0.572. The largest absolute Gasteiger partial charge is 0.350 e. The predicted molar refractivity (Wildman–Crippen MR) is 44.3 cm³/mol. The maximum atomic E-state index is 11.4. The van der Waals surface area contributed by atoms with Crippen LogP contribution in [0.1, 0.15) is 27.2 Å². The number of carbonyl (C=O) groups excluding carboxylic acids is 1. The number of amides is 1. The lowest BCUT2D eigenvalue weighted by Crippen LogP contribution is -2.46. The molecule has 0 bridgehead atoms. The molecule has 0 radical (unpaired) electrons. The summed E-state index contributed by atoms with van der Waals surface area (Å²) in [5.74, 6) is 0.102. The maximum absolute atomic E-state index is 11.4. The van der Waals surface area contributed by atoms with E-state index in [0.717, 1.165) is 6.42 Å². The Hall–Kier alpha value is -0.570. The van der Waals surface area contributed by atoms with E-state index in [1.165, 1.54) is 0 Å². The van der Waals surface area contributed by atoms with E-state index in [4.69, 9.17) is 0 Å². The van der Waals surface area contributed by atoms with Crippen LogP contribution in [-0.4, -0.2) is 24.0 Å². The first-order valence-electron chi connectivity index (χ1n) is 3.91. The van der Waals surface area contributed by atoms with E-state index in [1.54, 1.807) is 0 Å². The van der Waals surface area contributed by atoms with Gasteiger partial charge in [-0.25, -0.2) is 0 Å². The van der Waals surface area contributed by atoms with Gasteiger partial charge in [0, 0.05) is 5.54 Å². The Kier molecular flexibility index (Phi) is 1.71. The molecule has 2 N–H and O–H groups in total. The van der Waals surface area contributed by atoms with Crippen molar-refractivity contribution < 1.29 is 4.79 Å². The first-order chi connectivity index (χ1) is 4.90. The highest BCUT2D eigenvalue weighted by Gasteiger charge is 2.45. The lowest BCUT2D eigenvalue weighted by molar-refractivity contribution is -0.124. The fourth-order valence-electron chi connectivity index (χ4n) is 1.66. The highest BCUT2D eigenvalue weighted by atomic mass is 16.2. The summed E-state index contributed by atoms with van der Waals surface area (Å²) in [4.78, 5) is 11.4. The molecule has 1 rings (SSSR count). The molecule has 1 aliphatic rings. The van der Waals surface area contributed by atoms with Crippen molar-refractivity contribution in [2.45, 2.75) is 38.3 Å². The zero-order valence-electron chi connectivity index (χ0n) is 7.62. The molecule has 11 heavy (non-hydrogen) atoms. The van der Waals surface area contributed by atoms with Crippen LogP contribution in [-0.2, 0) is 4.79 Å². The Bertz CT molecular complexity index is 189. The van der Waals surface area contributed by atoms with Gasteiger partial charge < -0.3 is 10.6 Å². The Balaban J connectivity index is 2.82. The van der Waals surface area contributed by atoms with E-state index < -0.39 is 0 Å². The second-order valence-corrected chi connectivity index (χ2v) is 4.10.